The molecule has 2 rings (SSSR count). The first-order valence-electron chi connectivity index (χ1n) is 7.44. The highest BCUT2D eigenvalue weighted by Crippen LogP contribution is 2.19. The number of rotatable bonds is 5. The SMILES string of the molecule is Cc1cccc(NC(=O)[C@H](C)[NH2+][C@H](C)c2ccccc2Cl)c1. The van der Waals surface area contributed by atoms with Crippen LogP contribution in [0.1, 0.15) is 31.0 Å². The molecule has 0 aliphatic carbocycles. The number of benzene rings is 2. The third kappa shape index (κ3) is 4.33. The molecule has 0 saturated heterocycles. The molecule has 0 radical (unpaired) electrons. The number of nitrogens with two attached hydrogens (primary N) is 1. The van der Waals surface area contributed by atoms with Crippen molar-refractivity contribution in [2.24, 2.45) is 0 Å². The van der Waals surface area contributed by atoms with Gasteiger partial charge in [0.05, 0.1) is 0 Å². The highest BCUT2D eigenvalue weighted by atomic mass is 35.5. The van der Waals surface area contributed by atoms with Gasteiger partial charge in [0.25, 0.3) is 5.91 Å². The lowest BCUT2D eigenvalue weighted by Gasteiger charge is -2.17. The van der Waals surface area contributed by atoms with Crippen LogP contribution >= 0.6 is 11.6 Å². The van der Waals surface area contributed by atoms with E-state index < -0.39 is 0 Å². The zero-order valence-corrected chi connectivity index (χ0v) is 13.9. The minimum atomic E-state index is -0.202. The average molecular weight is 318 g/mol. The Hall–Kier alpha value is -1.84. The van der Waals surface area contributed by atoms with Crippen molar-refractivity contribution in [2.45, 2.75) is 32.9 Å². The summed E-state index contributed by atoms with van der Waals surface area (Å²) in [6, 6.07) is 15.5. The van der Waals surface area contributed by atoms with Gasteiger partial charge in [-0.15, -0.1) is 0 Å². The van der Waals surface area contributed by atoms with Gasteiger partial charge >= 0.3 is 0 Å². The van der Waals surface area contributed by atoms with Gasteiger partial charge in [-0.3, -0.25) is 4.79 Å². The Morgan fingerprint density at radius 2 is 1.86 bits per heavy atom. The maximum absolute atomic E-state index is 12.3. The van der Waals surface area contributed by atoms with Crippen molar-refractivity contribution < 1.29 is 10.1 Å². The van der Waals surface area contributed by atoms with E-state index in [-0.39, 0.29) is 18.0 Å². The number of carbonyl (C=O) groups is 1. The van der Waals surface area contributed by atoms with Gasteiger partial charge < -0.3 is 10.6 Å². The summed E-state index contributed by atoms with van der Waals surface area (Å²) in [5, 5.41) is 5.70. The van der Waals surface area contributed by atoms with Crippen molar-refractivity contribution in [3.8, 4) is 0 Å². The van der Waals surface area contributed by atoms with Gasteiger partial charge in [-0.05, 0) is 44.5 Å². The molecule has 3 N–H and O–H groups in total. The molecule has 116 valence electrons. The maximum atomic E-state index is 12.3. The van der Waals surface area contributed by atoms with Gasteiger partial charge in [0.1, 0.15) is 6.04 Å². The van der Waals surface area contributed by atoms with E-state index in [9.17, 15) is 4.79 Å². The average Bonchev–Trinajstić information content (AvgIpc) is 2.47. The minimum Gasteiger partial charge on any atom is -0.330 e. The first-order valence-corrected chi connectivity index (χ1v) is 7.82. The summed E-state index contributed by atoms with van der Waals surface area (Å²) in [5.74, 6) is -0.00972. The van der Waals surface area contributed by atoms with Crippen molar-refractivity contribution in [2.75, 3.05) is 5.32 Å². The van der Waals surface area contributed by atoms with Crippen LogP contribution in [-0.4, -0.2) is 11.9 Å². The summed E-state index contributed by atoms with van der Waals surface area (Å²) in [5.41, 5.74) is 2.99. The quantitative estimate of drug-likeness (QED) is 0.873. The van der Waals surface area contributed by atoms with E-state index in [0.717, 1.165) is 21.8 Å². The van der Waals surface area contributed by atoms with Crippen LogP contribution in [-0.2, 0) is 4.79 Å². The summed E-state index contributed by atoms with van der Waals surface area (Å²) in [7, 11) is 0. The Labute approximate surface area is 136 Å². The second-order valence-electron chi connectivity index (χ2n) is 5.65. The molecule has 0 saturated carbocycles. The van der Waals surface area contributed by atoms with Crippen molar-refractivity contribution >= 4 is 23.2 Å². The fourth-order valence-corrected chi connectivity index (χ4v) is 2.76. The van der Waals surface area contributed by atoms with E-state index in [1.807, 2.05) is 67.7 Å². The van der Waals surface area contributed by atoms with Crippen LogP contribution in [0.4, 0.5) is 5.69 Å². The molecule has 0 bridgehead atoms. The van der Waals surface area contributed by atoms with Gasteiger partial charge in [-0.1, -0.05) is 41.9 Å². The molecule has 22 heavy (non-hydrogen) atoms. The number of halogens is 1. The Bertz CT molecular complexity index is 657. The monoisotopic (exact) mass is 317 g/mol. The van der Waals surface area contributed by atoms with E-state index >= 15 is 0 Å². The summed E-state index contributed by atoms with van der Waals surface area (Å²) < 4.78 is 0. The van der Waals surface area contributed by atoms with Crippen LogP contribution < -0.4 is 10.6 Å². The lowest BCUT2D eigenvalue weighted by atomic mass is 10.1. The van der Waals surface area contributed by atoms with E-state index in [4.69, 9.17) is 11.6 Å². The smallest absolute Gasteiger partial charge is 0.282 e. The number of hydrogen-bond donors (Lipinski definition) is 2. The summed E-state index contributed by atoms with van der Waals surface area (Å²) in [6.45, 7) is 5.96. The molecule has 2 aromatic rings. The maximum Gasteiger partial charge on any atom is 0.282 e. The first kappa shape index (κ1) is 16.5. The highest BCUT2D eigenvalue weighted by Gasteiger charge is 2.21. The van der Waals surface area contributed by atoms with E-state index in [1.165, 1.54) is 0 Å². The van der Waals surface area contributed by atoms with E-state index in [2.05, 4.69) is 12.2 Å². The molecular formula is C18H22ClN2O+. The van der Waals surface area contributed by atoms with Crippen LogP contribution in [0.25, 0.3) is 0 Å². The summed E-state index contributed by atoms with van der Waals surface area (Å²) in [6.07, 6.45) is 0. The topological polar surface area (TPSA) is 45.7 Å². The Morgan fingerprint density at radius 1 is 1.14 bits per heavy atom. The molecule has 3 nitrogen and oxygen atoms in total. The molecule has 0 aliphatic heterocycles. The normalized spacial score (nSPS) is 13.5. The molecule has 0 spiro atoms. The molecule has 0 aromatic heterocycles. The highest BCUT2D eigenvalue weighted by molar-refractivity contribution is 6.31. The fourth-order valence-electron chi connectivity index (χ4n) is 2.45. The molecule has 4 heteroatoms. The third-order valence-corrected chi connectivity index (χ3v) is 4.02. The zero-order valence-electron chi connectivity index (χ0n) is 13.1. The van der Waals surface area contributed by atoms with Gasteiger partial charge in [-0.25, -0.2) is 0 Å². The van der Waals surface area contributed by atoms with Crippen molar-refractivity contribution in [3.63, 3.8) is 0 Å². The second-order valence-corrected chi connectivity index (χ2v) is 6.06. The predicted octanol–water partition coefficient (Wildman–Crippen LogP) is 3.30. The van der Waals surface area contributed by atoms with Crippen molar-refractivity contribution in [1.82, 2.24) is 0 Å². The van der Waals surface area contributed by atoms with E-state index in [0.29, 0.717) is 0 Å². The molecule has 0 unspecified atom stereocenters. The lowest BCUT2D eigenvalue weighted by molar-refractivity contribution is -0.709. The Balaban J connectivity index is 1.98. The van der Waals surface area contributed by atoms with Crippen LogP contribution in [0.5, 0.6) is 0 Å². The fraction of sp³-hybridized carbons (Fsp3) is 0.278. The predicted molar refractivity (Wildman–Crippen MR) is 91.1 cm³/mol. The lowest BCUT2D eigenvalue weighted by Crippen LogP contribution is -2.91. The standard InChI is InChI=1S/C18H21ClN2O/c1-12-7-6-8-15(11-12)21-18(22)14(3)20-13(2)16-9-4-5-10-17(16)19/h4-11,13-14,20H,1-3H3,(H,21,22)/p+1/t13-,14+/m1/s1. The van der Waals surface area contributed by atoms with Crippen LogP contribution in [0.3, 0.4) is 0 Å². The van der Waals surface area contributed by atoms with Gasteiger partial charge in [0.15, 0.2) is 6.04 Å². The summed E-state index contributed by atoms with van der Waals surface area (Å²) in [4.78, 5) is 12.3. The molecule has 1 amide bonds. The number of quaternary nitrogens is 1. The molecule has 0 aliphatic rings. The van der Waals surface area contributed by atoms with Crippen molar-refractivity contribution in [1.29, 1.82) is 0 Å². The summed E-state index contributed by atoms with van der Waals surface area (Å²) >= 11 is 6.21. The molecular weight excluding hydrogens is 296 g/mol. The second kappa shape index (κ2) is 7.43. The van der Waals surface area contributed by atoms with Gasteiger partial charge in [0.2, 0.25) is 0 Å². The minimum absolute atomic E-state index is 0.00972. The Morgan fingerprint density at radius 3 is 2.55 bits per heavy atom. The number of aryl methyl sites for hydroxylation is 1. The molecule has 0 heterocycles. The van der Waals surface area contributed by atoms with Gasteiger partial charge in [0, 0.05) is 16.3 Å². The van der Waals surface area contributed by atoms with Crippen LogP contribution in [0.15, 0.2) is 48.5 Å². The third-order valence-electron chi connectivity index (χ3n) is 3.67. The van der Waals surface area contributed by atoms with Crippen LogP contribution in [0.2, 0.25) is 5.02 Å². The number of nitrogens with one attached hydrogen (secondary N) is 1. The number of anilines is 1. The molecule has 2 aromatic carbocycles. The van der Waals surface area contributed by atoms with Gasteiger partial charge in [-0.2, -0.15) is 0 Å². The van der Waals surface area contributed by atoms with E-state index in [1.54, 1.807) is 0 Å². The Kier molecular flexibility index (Phi) is 5.58. The first-order chi connectivity index (χ1) is 10.5. The number of amides is 1. The molecule has 2 atom stereocenters. The molecule has 0 fully saturated rings. The number of hydrogen-bond acceptors (Lipinski definition) is 1. The number of carbonyl (C=O) groups excluding carboxylic acids is 1. The van der Waals surface area contributed by atoms with Crippen LogP contribution in [0, 0.1) is 6.92 Å². The largest absolute Gasteiger partial charge is 0.330 e. The zero-order chi connectivity index (χ0) is 16.1. The van der Waals surface area contributed by atoms with Crippen molar-refractivity contribution in [3.05, 3.63) is 64.7 Å².